The van der Waals surface area contributed by atoms with Crippen molar-refractivity contribution in [3.05, 3.63) is 71.6 Å². The SMILES string of the molecule is CCc1ccc(C(CNC(=O)CCc2nnc(-c3ccccc3)o2)N(C)C)cc1. The molecule has 1 atom stereocenters. The highest BCUT2D eigenvalue weighted by atomic mass is 16.4. The number of hydrogen-bond donors (Lipinski definition) is 1. The Labute approximate surface area is 172 Å². The topological polar surface area (TPSA) is 71.3 Å². The van der Waals surface area contributed by atoms with E-state index in [4.69, 9.17) is 4.42 Å². The first kappa shape index (κ1) is 20.7. The van der Waals surface area contributed by atoms with E-state index in [0.29, 0.717) is 31.2 Å². The zero-order valence-electron chi connectivity index (χ0n) is 17.3. The summed E-state index contributed by atoms with van der Waals surface area (Å²) in [6, 6.07) is 18.3. The van der Waals surface area contributed by atoms with E-state index in [9.17, 15) is 4.79 Å². The summed E-state index contributed by atoms with van der Waals surface area (Å²) in [5.41, 5.74) is 3.38. The summed E-state index contributed by atoms with van der Waals surface area (Å²) in [6.07, 6.45) is 1.75. The Morgan fingerprint density at radius 3 is 2.45 bits per heavy atom. The minimum absolute atomic E-state index is 0.0264. The molecular formula is C23H28N4O2. The second-order valence-corrected chi connectivity index (χ2v) is 7.25. The first-order chi connectivity index (χ1) is 14.1. The van der Waals surface area contributed by atoms with E-state index in [-0.39, 0.29) is 11.9 Å². The molecule has 1 N–H and O–H groups in total. The van der Waals surface area contributed by atoms with Crippen LogP contribution in [0.25, 0.3) is 11.5 Å². The molecule has 0 aliphatic heterocycles. The molecule has 3 aromatic rings. The monoisotopic (exact) mass is 392 g/mol. The van der Waals surface area contributed by atoms with Gasteiger partial charge in [-0.05, 0) is 43.8 Å². The molecule has 1 aromatic heterocycles. The number of nitrogens with zero attached hydrogens (tertiary/aromatic N) is 3. The number of likely N-dealkylation sites (N-methyl/N-ethyl adjacent to an activating group) is 1. The van der Waals surface area contributed by atoms with Gasteiger partial charge < -0.3 is 14.6 Å². The molecule has 1 amide bonds. The Hall–Kier alpha value is -2.99. The number of rotatable bonds is 9. The van der Waals surface area contributed by atoms with Gasteiger partial charge in [0.25, 0.3) is 0 Å². The van der Waals surface area contributed by atoms with E-state index in [0.717, 1.165) is 12.0 Å². The molecule has 0 saturated carbocycles. The normalized spacial score (nSPS) is 12.1. The second-order valence-electron chi connectivity index (χ2n) is 7.25. The fraction of sp³-hybridized carbons (Fsp3) is 0.348. The fourth-order valence-electron chi connectivity index (χ4n) is 3.15. The fourth-order valence-corrected chi connectivity index (χ4v) is 3.15. The van der Waals surface area contributed by atoms with Crippen LogP contribution in [0.1, 0.15) is 36.4 Å². The molecule has 152 valence electrons. The van der Waals surface area contributed by atoms with Crippen LogP contribution < -0.4 is 5.32 Å². The first-order valence-corrected chi connectivity index (χ1v) is 9.96. The minimum Gasteiger partial charge on any atom is -0.421 e. The lowest BCUT2D eigenvalue weighted by Gasteiger charge is -2.25. The number of aromatic nitrogens is 2. The van der Waals surface area contributed by atoms with Gasteiger partial charge in [0.15, 0.2) is 0 Å². The summed E-state index contributed by atoms with van der Waals surface area (Å²) in [7, 11) is 4.04. The van der Waals surface area contributed by atoms with Crippen LogP contribution in [-0.4, -0.2) is 41.6 Å². The van der Waals surface area contributed by atoms with Crippen LogP contribution in [0.15, 0.2) is 59.0 Å². The van der Waals surface area contributed by atoms with Crippen molar-refractivity contribution < 1.29 is 9.21 Å². The van der Waals surface area contributed by atoms with Crippen LogP contribution in [0.3, 0.4) is 0 Å². The molecule has 0 saturated heterocycles. The molecular weight excluding hydrogens is 364 g/mol. The molecule has 6 heteroatoms. The average molecular weight is 393 g/mol. The Balaban J connectivity index is 1.51. The van der Waals surface area contributed by atoms with Gasteiger partial charge in [-0.3, -0.25) is 4.79 Å². The van der Waals surface area contributed by atoms with Crippen LogP contribution in [0.5, 0.6) is 0 Å². The quantitative estimate of drug-likeness (QED) is 0.602. The lowest BCUT2D eigenvalue weighted by atomic mass is 10.0. The third-order valence-electron chi connectivity index (χ3n) is 4.94. The van der Waals surface area contributed by atoms with Gasteiger partial charge in [0.05, 0.1) is 6.04 Å². The molecule has 0 aliphatic carbocycles. The zero-order chi connectivity index (χ0) is 20.6. The van der Waals surface area contributed by atoms with Crippen LogP contribution in [0.2, 0.25) is 0 Å². The molecule has 0 spiro atoms. The number of carbonyl (C=O) groups excluding carboxylic acids is 1. The molecule has 2 aromatic carbocycles. The van der Waals surface area contributed by atoms with E-state index in [1.165, 1.54) is 11.1 Å². The van der Waals surface area contributed by atoms with Gasteiger partial charge in [0, 0.05) is 24.9 Å². The van der Waals surface area contributed by atoms with Crippen molar-refractivity contribution in [1.29, 1.82) is 0 Å². The van der Waals surface area contributed by atoms with Crippen molar-refractivity contribution in [2.45, 2.75) is 32.2 Å². The molecule has 0 aliphatic rings. The Bertz CT molecular complexity index is 904. The van der Waals surface area contributed by atoms with Crippen molar-refractivity contribution >= 4 is 5.91 Å². The van der Waals surface area contributed by atoms with Crippen molar-refractivity contribution in [3.8, 4) is 11.5 Å². The number of benzene rings is 2. The van der Waals surface area contributed by atoms with E-state index in [2.05, 4.69) is 51.6 Å². The summed E-state index contributed by atoms with van der Waals surface area (Å²) in [6.45, 7) is 2.70. The first-order valence-electron chi connectivity index (χ1n) is 9.96. The minimum atomic E-state index is -0.0264. The van der Waals surface area contributed by atoms with Gasteiger partial charge >= 0.3 is 0 Å². The third kappa shape index (κ3) is 5.74. The third-order valence-corrected chi connectivity index (χ3v) is 4.94. The predicted molar refractivity (Wildman–Crippen MR) is 113 cm³/mol. The predicted octanol–water partition coefficient (Wildman–Crippen LogP) is 3.65. The molecule has 0 bridgehead atoms. The standard InChI is InChI=1S/C23H28N4O2/c1-4-17-10-12-18(13-11-17)20(27(2)3)16-24-21(28)14-15-22-25-26-23(29-22)19-8-6-5-7-9-19/h5-13,20H,4,14-16H2,1-3H3,(H,24,28). The number of hydrogen-bond acceptors (Lipinski definition) is 5. The van der Waals surface area contributed by atoms with Gasteiger partial charge in [-0.25, -0.2) is 0 Å². The summed E-state index contributed by atoms with van der Waals surface area (Å²) >= 11 is 0. The number of amides is 1. The van der Waals surface area contributed by atoms with Gasteiger partial charge in [0.2, 0.25) is 17.7 Å². The second kappa shape index (κ2) is 9.98. The Kier molecular flexibility index (Phi) is 7.14. The summed E-state index contributed by atoms with van der Waals surface area (Å²) in [4.78, 5) is 14.4. The van der Waals surface area contributed by atoms with Crippen LogP contribution in [0.4, 0.5) is 0 Å². The highest BCUT2D eigenvalue weighted by molar-refractivity contribution is 5.76. The van der Waals surface area contributed by atoms with Crippen molar-refractivity contribution in [2.24, 2.45) is 0 Å². The van der Waals surface area contributed by atoms with E-state index < -0.39 is 0 Å². The summed E-state index contributed by atoms with van der Waals surface area (Å²) in [5.74, 6) is 0.920. The van der Waals surface area contributed by atoms with E-state index in [1.807, 2.05) is 44.4 Å². The van der Waals surface area contributed by atoms with E-state index >= 15 is 0 Å². The van der Waals surface area contributed by atoms with Crippen molar-refractivity contribution in [1.82, 2.24) is 20.4 Å². The molecule has 3 rings (SSSR count). The lowest BCUT2D eigenvalue weighted by molar-refractivity contribution is -0.121. The Morgan fingerprint density at radius 1 is 1.07 bits per heavy atom. The van der Waals surface area contributed by atoms with Crippen LogP contribution in [-0.2, 0) is 17.6 Å². The maximum Gasteiger partial charge on any atom is 0.247 e. The average Bonchev–Trinajstić information content (AvgIpc) is 3.22. The van der Waals surface area contributed by atoms with Crippen LogP contribution >= 0.6 is 0 Å². The van der Waals surface area contributed by atoms with Gasteiger partial charge in [-0.2, -0.15) is 0 Å². The van der Waals surface area contributed by atoms with Crippen molar-refractivity contribution in [3.63, 3.8) is 0 Å². The number of carbonyl (C=O) groups is 1. The molecule has 1 heterocycles. The largest absolute Gasteiger partial charge is 0.421 e. The van der Waals surface area contributed by atoms with Gasteiger partial charge in [-0.1, -0.05) is 49.4 Å². The van der Waals surface area contributed by atoms with Gasteiger partial charge in [-0.15, -0.1) is 10.2 Å². The zero-order valence-corrected chi connectivity index (χ0v) is 17.3. The highest BCUT2D eigenvalue weighted by Crippen LogP contribution is 2.19. The molecule has 0 radical (unpaired) electrons. The summed E-state index contributed by atoms with van der Waals surface area (Å²) in [5, 5.41) is 11.1. The molecule has 0 fully saturated rings. The highest BCUT2D eigenvalue weighted by Gasteiger charge is 2.16. The Morgan fingerprint density at radius 2 is 1.79 bits per heavy atom. The lowest BCUT2D eigenvalue weighted by Crippen LogP contribution is -2.34. The molecule has 29 heavy (non-hydrogen) atoms. The molecule has 6 nitrogen and oxygen atoms in total. The maximum atomic E-state index is 12.3. The maximum absolute atomic E-state index is 12.3. The smallest absolute Gasteiger partial charge is 0.247 e. The van der Waals surface area contributed by atoms with E-state index in [1.54, 1.807) is 0 Å². The number of aryl methyl sites for hydroxylation is 2. The van der Waals surface area contributed by atoms with Crippen molar-refractivity contribution in [2.75, 3.05) is 20.6 Å². The summed E-state index contributed by atoms with van der Waals surface area (Å²) < 4.78 is 5.66. The van der Waals surface area contributed by atoms with Crippen LogP contribution in [0, 0.1) is 0 Å². The number of nitrogens with one attached hydrogen (secondary N) is 1. The molecule has 1 unspecified atom stereocenters. The van der Waals surface area contributed by atoms with Gasteiger partial charge in [0.1, 0.15) is 0 Å².